The first-order valence-electron chi connectivity index (χ1n) is 6.67. The first kappa shape index (κ1) is 16.5. The van der Waals surface area contributed by atoms with Crippen molar-refractivity contribution in [3.63, 3.8) is 0 Å². The molecular formula is C14H17NO3S3. The molecule has 0 saturated heterocycles. The highest BCUT2D eigenvalue weighted by atomic mass is 33.1. The van der Waals surface area contributed by atoms with Crippen LogP contribution in [0, 0.1) is 0 Å². The Hall–Kier alpha value is -0.920. The molecule has 0 fully saturated rings. The predicted octanol–water partition coefficient (Wildman–Crippen LogP) is 3.33. The molecule has 0 aliphatic carbocycles. The lowest BCUT2D eigenvalue weighted by atomic mass is 10.1. The summed E-state index contributed by atoms with van der Waals surface area (Å²) in [6.45, 7) is 0. The molecule has 21 heavy (non-hydrogen) atoms. The molecule has 1 atom stereocenters. The number of hydrogen-bond donors (Lipinski definition) is 1. The average molecular weight is 343 g/mol. The van der Waals surface area contributed by atoms with E-state index in [0.717, 1.165) is 12.8 Å². The van der Waals surface area contributed by atoms with Crippen LogP contribution in [0.3, 0.4) is 0 Å². The van der Waals surface area contributed by atoms with Gasteiger partial charge in [-0.25, -0.2) is 13.1 Å². The molecular weight excluding hydrogens is 326 g/mol. The summed E-state index contributed by atoms with van der Waals surface area (Å²) in [5.74, 6) is -0.442. The maximum atomic E-state index is 11.9. The molecule has 1 aliphatic rings. The average Bonchev–Trinajstić information content (AvgIpc) is 2.97. The lowest BCUT2D eigenvalue weighted by molar-refractivity contribution is -0.119. The van der Waals surface area contributed by atoms with Crippen LogP contribution < -0.4 is 4.72 Å². The minimum absolute atomic E-state index is 0.114. The summed E-state index contributed by atoms with van der Waals surface area (Å²) in [6.07, 6.45) is 5.04. The highest BCUT2D eigenvalue weighted by Gasteiger charge is 2.17. The zero-order chi connectivity index (χ0) is 15.1. The van der Waals surface area contributed by atoms with Crippen molar-refractivity contribution in [2.75, 3.05) is 0 Å². The Kier molecular flexibility index (Phi) is 6.20. The van der Waals surface area contributed by atoms with Crippen molar-refractivity contribution >= 4 is 37.5 Å². The van der Waals surface area contributed by atoms with Gasteiger partial charge in [0.05, 0.1) is 4.90 Å². The molecule has 1 aromatic rings. The van der Waals surface area contributed by atoms with Crippen LogP contribution in [0.5, 0.6) is 0 Å². The Morgan fingerprint density at radius 2 is 1.95 bits per heavy atom. The van der Waals surface area contributed by atoms with Crippen LogP contribution in [-0.2, 0) is 14.8 Å². The van der Waals surface area contributed by atoms with Crippen LogP contribution in [0.1, 0.15) is 25.7 Å². The number of amides is 1. The van der Waals surface area contributed by atoms with Crippen LogP contribution in [0.2, 0.25) is 0 Å². The highest BCUT2D eigenvalue weighted by Crippen LogP contribution is 2.37. The van der Waals surface area contributed by atoms with Crippen molar-refractivity contribution in [3.8, 4) is 0 Å². The van der Waals surface area contributed by atoms with Gasteiger partial charge in [-0.05, 0) is 30.4 Å². The summed E-state index contributed by atoms with van der Waals surface area (Å²) in [5.41, 5.74) is 0. The van der Waals surface area contributed by atoms with Crippen LogP contribution >= 0.6 is 21.6 Å². The molecule has 2 rings (SSSR count). The molecule has 1 aromatic carbocycles. The molecule has 1 unspecified atom stereocenters. The molecule has 0 saturated carbocycles. The molecule has 1 heterocycles. The van der Waals surface area contributed by atoms with Gasteiger partial charge in [0, 0.05) is 11.7 Å². The van der Waals surface area contributed by atoms with Gasteiger partial charge < -0.3 is 0 Å². The summed E-state index contributed by atoms with van der Waals surface area (Å²) in [6, 6.07) is 7.93. The van der Waals surface area contributed by atoms with E-state index in [1.165, 1.54) is 12.1 Å². The molecule has 0 radical (unpaired) electrons. The van der Waals surface area contributed by atoms with E-state index in [1.807, 2.05) is 10.8 Å². The maximum absolute atomic E-state index is 11.9. The van der Waals surface area contributed by atoms with E-state index in [-0.39, 0.29) is 11.3 Å². The molecule has 7 heteroatoms. The van der Waals surface area contributed by atoms with Gasteiger partial charge >= 0.3 is 0 Å². The zero-order valence-electron chi connectivity index (χ0n) is 11.4. The quantitative estimate of drug-likeness (QED) is 0.608. The number of sulfonamides is 1. The standard InChI is InChI=1S/C14H17NO3S3/c16-14(9-5-4-6-12-10-11-19-20-12)15-21(17,18)13-7-2-1-3-8-13/h1-3,7-8,10-12H,4-6,9H2,(H,15,16). The second kappa shape index (κ2) is 7.91. The van der Waals surface area contributed by atoms with Crippen molar-refractivity contribution < 1.29 is 13.2 Å². The largest absolute Gasteiger partial charge is 0.274 e. The minimum atomic E-state index is -3.73. The van der Waals surface area contributed by atoms with Crippen molar-refractivity contribution in [1.82, 2.24) is 4.72 Å². The van der Waals surface area contributed by atoms with Gasteiger partial charge in [-0.15, -0.1) is 0 Å². The summed E-state index contributed by atoms with van der Waals surface area (Å²) in [7, 11) is -0.183. The van der Waals surface area contributed by atoms with Crippen LogP contribution in [0.4, 0.5) is 0 Å². The van der Waals surface area contributed by atoms with Gasteiger partial charge in [-0.1, -0.05) is 52.3 Å². The van der Waals surface area contributed by atoms with Gasteiger partial charge in [0.1, 0.15) is 0 Å². The molecule has 4 nitrogen and oxygen atoms in total. The number of unbranched alkanes of at least 4 members (excludes halogenated alkanes) is 1. The van der Waals surface area contributed by atoms with Crippen molar-refractivity contribution in [2.45, 2.75) is 35.8 Å². The van der Waals surface area contributed by atoms with E-state index in [4.69, 9.17) is 0 Å². The Balaban J connectivity index is 1.72. The summed E-state index contributed by atoms with van der Waals surface area (Å²) in [4.78, 5) is 11.8. The van der Waals surface area contributed by atoms with Gasteiger partial charge in [-0.3, -0.25) is 4.79 Å². The summed E-state index contributed by atoms with van der Waals surface area (Å²) in [5, 5.41) is 2.60. The first-order chi connectivity index (χ1) is 10.1. The zero-order valence-corrected chi connectivity index (χ0v) is 13.8. The second-order valence-electron chi connectivity index (χ2n) is 4.65. The van der Waals surface area contributed by atoms with Gasteiger partial charge in [0.15, 0.2) is 0 Å². The Morgan fingerprint density at radius 1 is 1.19 bits per heavy atom. The predicted molar refractivity (Wildman–Crippen MR) is 88.3 cm³/mol. The normalized spacial score (nSPS) is 17.8. The van der Waals surface area contributed by atoms with Gasteiger partial charge in [0.25, 0.3) is 10.0 Å². The third kappa shape index (κ3) is 5.41. The third-order valence-corrected chi connectivity index (χ3v) is 6.79. The second-order valence-corrected chi connectivity index (χ2v) is 8.75. The number of rotatable bonds is 7. The number of carbonyl (C=O) groups excluding carboxylic acids is 1. The van der Waals surface area contributed by atoms with Gasteiger partial charge in [0.2, 0.25) is 5.91 Å². The fraction of sp³-hybridized carbons (Fsp3) is 0.357. The smallest absolute Gasteiger partial charge is 0.264 e. The molecule has 1 N–H and O–H groups in total. The van der Waals surface area contributed by atoms with Gasteiger partial charge in [-0.2, -0.15) is 0 Å². The molecule has 1 amide bonds. The monoisotopic (exact) mass is 343 g/mol. The van der Waals surface area contributed by atoms with Crippen molar-refractivity contribution in [1.29, 1.82) is 0 Å². The number of carbonyl (C=O) groups is 1. The Morgan fingerprint density at radius 3 is 2.62 bits per heavy atom. The van der Waals surface area contributed by atoms with Crippen LogP contribution in [0.15, 0.2) is 46.7 Å². The number of hydrogen-bond acceptors (Lipinski definition) is 5. The molecule has 0 bridgehead atoms. The van der Waals surface area contributed by atoms with E-state index in [9.17, 15) is 13.2 Å². The van der Waals surface area contributed by atoms with E-state index in [1.54, 1.807) is 29.0 Å². The fourth-order valence-electron chi connectivity index (χ4n) is 1.89. The lowest BCUT2D eigenvalue weighted by Crippen LogP contribution is -2.30. The lowest BCUT2D eigenvalue weighted by Gasteiger charge is -2.08. The van der Waals surface area contributed by atoms with Crippen molar-refractivity contribution in [3.05, 3.63) is 41.8 Å². The van der Waals surface area contributed by atoms with Crippen molar-refractivity contribution in [2.24, 2.45) is 0 Å². The topological polar surface area (TPSA) is 63.2 Å². The first-order valence-corrected chi connectivity index (χ1v) is 10.4. The Bertz CT molecular complexity index is 599. The molecule has 1 aliphatic heterocycles. The summed E-state index contributed by atoms with van der Waals surface area (Å²) < 4.78 is 26.0. The molecule has 0 aromatic heterocycles. The SMILES string of the molecule is O=C(CCCCC1C=CSS1)NS(=O)(=O)c1ccccc1. The highest BCUT2D eigenvalue weighted by molar-refractivity contribution is 8.78. The number of nitrogens with one attached hydrogen (secondary N) is 1. The van der Waals surface area contributed by atoms with E-state index in [0.29, 0.717) is 11.7 Å². The summed E-state index contributed by atoms with van der Waals surface area (Å²) >= 11 is 0. The Labute approximate surface area is 133 Å². The molecule has 114 valence electrons. The van der Waals surface area contributed by atoms with E-state index >= 15 is 0 Å². The van der Waals surface area contributed by atoms with E-state index < -0.39 is 15.9 Å². The van der Waals surface area contributed by atoms with Crippen LogP contribution in [-0.4, -0.2) is 19.6 Å². The fourth-order valence-corrected chi connectivity index (χ4v) is 5.19. The number of benzene rings is 1. The third-order valence-electron chi connectivity index (χ3n) is 2.97. The molecule has 0 spiro atoms. The van der Waals surface area contributed by atoms with E-state index in [2.05, 4.69) is 16.2 Å². The minimum Gasteiger partial charge on any atom is -0.274 e. The maximum Gasteiger partial charge on any atom is 0.264 e. The van der Waals surface area contributed by atoms with Crippen LogP contribution in [0.25, 0.3) is 0 Å².